The molecular weight excluding hydrogens is 366 g/mol. The Morgan fingerprint density at radius 3 is 2.61 bits per heavy atom. The fourth-order valence-electron chi connectivity index (χ4n) is 1.45. The van der Waals surface area contributed by atoms with E-state index >= 15 is 0 Å². The van der Waals surface area contributed by atoms with E-state index in [4.69, 9.17) is 5.11 Å². The molecule has 0 aliphatic rings. The number of hydrogen-bond acceptors (Lipinski definition) is 2. The number of hydrogen-bond donors (Lipinski definition) is 2. The van der Waals surface area contributed by atoms with Gasteiger partial charge in [0.15, 0.2) is 0 Å². The molecule has 0 aromatic heterocycles. The lowest BCUT2D eigenvalue weighted by molar-refractivity contribution is -0.139. The Kier molecular flexibility index (Phi) is 5.81. The van der Waals surface area contributed by atoms with Crippen molar-refractivity contribution in [3.63, 3.8) is 0 Å². The summed E-state index contributed by atoms with van der Waals surface area (Å²) in [5.41, 5.74) is 0.409. The average Bonchev–Trinajstić information content (AvgIpc) is 2.31. The molecule has 0 radical (unpaired) electrons. The van der Waals surface area contributed by atoms with Crippen LogP contribution in [-0.2, 0) is 4.79 Å². The largest absolute Gasteiger partial charge is 0.480 e. The van der Waals surface area contributed by atoms with Gasteiger partial charge in [-0.1, -0.05) is 29.3 Å². The maximum atomic E-state index is 12.0. The molecule has 1 atom stereocenters. The maximum Gasteiger partial charge on any atom is 0.326 e. The van der Waals surface area contributed by atoms with E-state index in [2.05, 4.69) is 37.2 Å². The van der Waals surface area contributed by atoms with Crippen LogP contribution in [0.5, 0.6) is 0 Å². The Hall–Kier alpha value is -0.880. The first-order valence-electron chi connectivity index (χ1n) is 5.44. The highest BCUT2D eigenvalue weighted by molar-refractivity contribution is 9.11. The first-order chi connectivity index (χ1) is 8.45. The van der Waals surface area contributed by atoms with E-state index in [1.54, 1.807) is 18.2 Å². The Balaban J connectivity index is 2.86. The SMILES string of the molecule is CCCC(NC(=O)c1cc(Br)ccc1Br)C(=O)O. The van der Waals surface area contributed by atoms with E-state index in [0.717, 1.165) is 4.47 Å². The molecule has 0 aliphatic carbocycles. The van der Waals surface area contributed by atoms with Crippen LogP contribution in [0.25, 0.3) is 0 Å². The fourth-order valence-corrected chi connectivity index (χ4v) is 2.24. The van der Waals surface area contributed by atoms with Crippen molar-refractivity contribution in [2.24, 2.45) is 0 Å². The number of amides is 1. The number of carbonyl (C=O) groups excluding carboxylic acids is 1. The molecule has 6 heteroatoms. The van der Waals surface area contributed by atoms with Crippen molar-refractivity contribution in [3.8, 4) is 0 Å². The summed E-state index contributed by atoms with van der Waals surface area (Å²) in [6.45, 7) is 1.87. The van der Waals surface area contributed by atoms with Gasteiger partial charge in [-0.05, 0) is 40.5 Å². The number of nitrogens with one attached hydrogen (secondary N) is 1. The van der Waals surface area contributed by atoms with Crippen molar-refractivity contribution in [2.45, 2.75) is 25.8 Å². The lowest BCUT2D eigenvalue weighted by Crippen LogP contribution is -2.40. The Morgan fingerprint density at radius 2 is 2.06 bits per heavy atom. The third-order valence-corrected chi connectivity index (χ3v) is 3.54. The van der Waals surface area contributed by atoms with Gasteiger partial charge in [0.1, 0.15) is 6.04 Å². The topological polar surface area (TPSA) is 66.4 Å². The molecule has 0 spiro atoms. The van der Waals surface area contributed by atoms with Crippen LogP contribution in [0.15, 0.2) is 27.1 Å². The van der Waals surface area contributed by atoms with Gasteiger partial charge < -0.3 is 10.4 Å². The number of carbonyl (C=O) groups is 2. The summed E-state index contributed by atoms with van der Waals surface area (Å²) in [5.74, 6) is -1.42. The lowest BCUT2D eigenvalue weighted by Gasteiger charge is -2.14. The summed E-state index contributed by atoms with van der Waals surface area (Å²) in [5, 5.41) is 11.5. The van der Waals surface area contributed by atoms with Crippen molar-refractivity contribution in [3.05, 3.63) is 32.7 Å². The molecule has 0 bridgehead atoms. The number of aliphatic carboxylic acids is 1. The molecule has 1 aromatic rings. The molecule has 1 aromatic carbocycles. The number of rotatable bonds is 5. The summed E-state index contributed by atoms with van der Waals surface area (Å²) in [4.78, 5) is 23.0. The lowest BCUT2D eigenvalue weighted by atomic mass is 10.1. The predicted molar refractivity (Wildman–Crippen MR) is 75.6 cm³/mol. The van der Waals surface area contributed by atoms with Crippen molar-refractivity contribution < 1.29 is 14.7 Å². The highest BCUT2D eigenvalue weighted by atomic mass is 79.9. The van der Waals surface area contributed by atoms with Gasteiger partial charge in [0, 0.05) is 8.95 Å². The van der Waals surface area contributed by atoms with Crippen LogP contribution in [0, 0.1) is 0 Å². The summed E-state index contributed by atoms with van der Waals surface area (Å²) in [7, 11) is 0. The number of benzene rings is 1. The van der Waals surface area contributed by atoms with Gasteiger partial charge in [0.2, 0.25) is 0 Å². The second-order valence-electron chi connectivity index (χ2n) is 3.78. The van der Waals surface area contributed by atoms with E-state index in [-0.39, 0.29) is 0 Å². The van der Waals surface area contributed by atoms with E-state index < -0.39 is 17.9 Å². The van der Waals surface area contributed by atoms with Crippen LogP contribution >= 0.6 is 31.9 Å². The van der Waals surface area contributed by atoms with E-state index in [0.29, 0.717) is 22.9 Å². The molecule has 0 saturated heterocycles. The Morgan fingerprint density at radius 1 is 1.39 bits per heavy atom. The monoisotopic (exact) mass is 377 g/mol. The normalized spacial score (nSPS) is 11.9. The molecule has 0 fully saturated rings. The van der Waals surface area contributed by atoms with Gasteiger partial charge >= 0.3 is 5.97 Å². The minimum absolute atomic E-state index is 0.399. The average molecular weight is 379 g/mol. The standard InChI is InChI=1S/C12H13Br2NO3/c1-2-3-10(12(17)18)15-11(16)8-6-7(13)4-5-9(8)14/h4-6,10H,2-3H2,1H3,(H,15,16)(H,17,18). The molecule has 1 rings (SSSR count). The van der Waals surface area contributed by atoms with Crippen LogP contribution in [0.1, 0.15) is 30.1 Å². The Labute approximate surface area is 122 Å². The van der Waals surface area contributed by atoms with Gasteiger partial charge in [0.05, 0.1) is 5.56 Å². The zero-order valence-corrected chi connectivity index (χ0v) is 12.9. The van der Waals surface area contributed by atoms with Gasteiger partial charge in [-0.3, -0.25) is 4.79 Å². The van der Waals surface area contributed by atoms with Crippen LogP contribution in [0.3, 0.4) is 0 Å². The van der Waals surface area contributed by atoms with Crippen LogP contribution in [-0.4, -0.2) is 23.0 Å². The second-order valence-corrected chi connectivity index (χ2v) is 5.55. The summed E-state index contributed by atoms with van der Waals surface area (Å²) in [6.07, 6.45) is 1.10. The molecule has 98 valence electrons. The Bertz CT molecular complexity index is 463. The second kappa shape index (κ2) is 6.89. The van der Waals surface area contributed by atoms with Crippen LogP contribution < -0.4 is 5.32 Å². The molecule has 0 aliphatic heterocycles. The maximum absolute atomic E-state index is 12.0. The smallest absolute Gasteiger partial charge is 0.326 e. The number of carboxylic acids is 1. The highest BCUT2D eigenvalue weighted by Gasteiger charge is 2.20. The predicted octanol–water partition coefficient (Wildman–Crippen LogP) is 3.19. The van der Waals surface area contributed by atoms with E-state index in [1.807, 2.05) is 6.92 Å². The minimum atomic E-state index is -1.02. The number of carboxylic acid groups (broad SMARTS) is 1. The zero-order chi connectivity index (χ0) is 13.7. The van der Waals surface area contributed by atoms with Crippen molar-refractivity contribution in [1.82, 2.24) is 5.32 Å². The highest BCUT2D eigenvalue weighted by Crippen LogP contribution is 2.21. The third kappa shape index (κ3) is 4.10. The van der Waals surface area contributed by atoms with Crippen LogP contribution in [0.2, 0.25) is 0 Å². The number of halogens is 2. The quantitative estimate of drug-likeness (QED) is 0.826. The zero-order valence-electron chi connectivity index (χ0n) is 9.74. The first kappa shape index (κ1) is 15.2. The molecule has 18 heavy (non-hydrogen) atoms. The van der Waals surface area contributed by atoms with Crippen LogP contribution in [0.4, 0.5) is 0 Å². The van der Waals surface area contributed by atoms with Gasteiger partial charge in [-0.25, -0.2) is 4.79 Å². The molecule has 4 nitrogen and oxygen atoms in total. The van der Waals surface area contributed by atoms with Gasteiger partial charge in [-0.15, -0.1) is 0 Å². The summed E-state index contributed by atoms with van der Waals surface area (Å²) >= 11 is 6.54. The molecule has 0 heterocycles. The summed E-state index contributed by atoms with van der Waals surface area (Å²) in [6, 6.07) is 4.31. The molecule has 2 N–H and O–H groups in total. The molecule has 0 saturated carbocycles. The van der Waals surface area contributed by atoms with Crippen molar-refractivity contribution in [2.75, 3.05) is 0 Å². The molecular formula is C12H13Br2NO3. The van der Waals surface area contributed by atoms with E-state index in [9.17, 15) is 9.59 Å². The third-order valence-electron chi connectivity index (χ3n) is 2.35. The van der Waals surface area contributed by atoms with Crippen molar-refractivity contribution >= 4 is 43.7 Å². The molecule has 1 amide bonds. The fraction of sp³-hybridized carbons (Fsp3) is 0.333. The van der Waals surface area contributed by atoms with Crippen molar-refractivity contribution in [1.29, 1.82) is 0 Å². The van der Waals surface area contributed by atoms with Gasteiger partial charge in [0.25, 0.3) is 5.91 Å². The minimum Gasteiger partial charge on any atom is -0.480 e. The first-order valence-corrected chi connectivity index (χ1v) is 7.03. The summed E-state index contributed by atoms with van der Waals surface area (Å²) < 4.78 is 1.39. The molecule has 1 unspecified atom stereocenters. The van der Waals surface area contributed by atoms with E-state index in [1.165, 1.54) is 0 Å². The van der Waals surface area contributed by atoms with Gasteiger partial charge in [-0.2, -0.15) is 0 Å².